The predicted octanol–water partition coefficient (Wildman–Crippen LogP) is 4.77. The fraction of sp³-hybridized carbons (Fsp3) is 0.259. The zero-order valence-corrected chi connectivity index (χ0v) is 20.1. The largest absolute Gasteiger partial charge is 0.507 e. The van der Waals surface area contributed by atoms with Crippen molar-refractivity contribution in [3.8, 4) is 11.5 Å². The number of aliphatic hydroxyl groups is 1. The first-order chi connectivity index (χ1) is 16.9. The minimum Gasteiger partial charge on any atom is -0.507 e. The van der Waals surface area contributed by atoms with Gasteiger partial charge in [0.25, 0.3) is 11.7 Å². The molecule has 1 aliphatic heterocycles. The number of rotatable bonds is 8. The van der Waals surface area contributed by atoms with E-state index in [0.29, 0.717) is 36.2 Å². The van der Waals surface area contributed by atoms with E-state index >= 15 is 0 Å². The quantitative estimate of drug-likeness (QED) is 0.284. The summed E-state index contributed by atoms with van der Waals surface area (Å²) in [6.45, 7) is 4.48. The maximum absolute atomic E-state index is 13.3. The molecule has 1 N–H and O–H groups in total. The van der Waals surface area contributed by atoms with E-state index < -0.39 is 17.7 Å². The van der Waals surface area contributed by atoms with Gasteiger partial charge in [-0.25, -0.2) is 0 Å². The number of hydrogen-bond acceptors (Lipinski definition) is 7. The average molecular weight is 477 g/mol. The van der Waals surface area contributed by atoms with Crippen LogP contribution >= 0.6 is 0 Å². The Bertz CT molecular complexity index is 1250. The number of anilines is 2. The number of aliphatic hydroxyl groups excluding tert-OH is 1. The second-order valence-electron chi connectivity index (χ2n) is 8.12. The molecule has 2 heterocycles. The number of Topliss-reactive ketones (excluding diaryl/α,β-unsaturated/α-hetero) is 1. The lowest BCUT2D eigenvalue weighted by Gasteiger charge is -2.24. The van der Waals surface area contributed by atoms with Crippen LogP contribution in [0.1, 0.15) is 31.2 Å². The van der Waals surface area contributed by atoms with Crippen molar-refractivity contribution in [1.82, 2.24) is 0 Å². The highest BCUT2D eigenvalue weighted by Gasteiger charge is 2.48. The summed E-state index contributed by atoms with van der Waals surface area (Å²) in [4.78, 5) is 29.8. The van der Waals surface area contributed by atoms with Gasteiger partial charge in [0.05, 0.1) is 30.6 Å². The minimum atomic E-state index is -0.948. The van der Waals surface area contributed by atoms with Crippen LogP contribution in [0.4, 0.5) is 11.4 Å². The van der Waals surface area contributed by atoms with Gasteiger partial charge in [-0.05, 0) is 62.4 Å². The third-order valence-electron chi connectivity index (χ3n) is 5.72. The lowest BCUT2D eigenvalue weighted by Crippen LogP contribution is -2.29. The van der Waals surface area contributed by atoms with Crippen molar-refractivity contribution < 1.29 is 28.6 Å². The Morgan fingerprint density at radius 3 is 2.34 bits per heavy atom. The monoisotopic (exact) mass is 476 g/mol. The maximum atomic E-state index is 13.3. The normalized spacial score (nSPS) is 17.0. The summed E-state index contributed by atoms with van der Waals surface area (Å²) < 4.78 is 16.9. The van der Waals surface area contributed by atoms with Crippen LogP contribution in [0.3, 0.4) is 0 Å². The summed E-state index contributed by atoms with van der Waals surface area (Å²) in [7, 11) is 3.83. The first-order valence-electron chi connectivity index (χ1n) is 11.4. The van der Waals surface area contributed by atoms with E-state index in [2.05, 4.69) is 0 Å². The highest BCUT2D eigenvalue weighted by Crippen LogP contribution is 2.44. The number of carbonyl (C=O) groups is 2. The Balaban J connectivity index is 1.87. The number of furan rings is 1. The van der Waals surface area contributed by atoms with Gasteiger partial charge in [0.2, 0.25) is 0 Å². The molecule has 1 fully saturated rings. The standard InChI is InChI=1S/C27H28N2O6/c1-5-33-19-13-14-20(22(16-19)34-6-2)25(30)23-24(21-8-7-15-35-21)29(27(32)26(23)31)18-11-9-17(10-12-18)28(3)4/h7-16,24,30H,5-6H2,1-4H3/b25-23-. The van der Waals surface area contributed by atoms with Crippen molar-refractivity contribution in [2.45, 2.75) is 19.9 Å². The van der Waals surface area contributed by atoms with Crippen LogP contribution in [-0.2, 0) is 9.59 Å². The van der Waals surface area contributed by atoms with E-state index in [0.717, 1.165) is 5.69 Å². The Morgan fingerprint density at radius 1 is 1.03 bits per heavy atom. The van der Waals surface area contributed by atoms with Crippen molar-refractivity contribution in [1.29, 1.82) is 0 Å². The van der Waals surface area contributed by atoms with E-state index in [-0.39, 0.29) is 16.9 Å². The highest BCUT2D eigenvalue weighted by molar-refractivity contribution is 6.51. The van der Waals surface area contributed by atoms with Crippen LogP contribution in [0, 0.1) is 0 Å². The molecular weight excluding hydrogens is 448 g/mol. The zero-order valence-electron chi connectivity index (χ0n) is 20.1. The van der Waals surface area contributed by atoms with Crippen LogP contribution < -0.4 is 19.3 Å². The van der Waals surface area contributed by atoms with E-state index in [1.165, 1.54) is 11.2 Å². The average Bonchev–Trinajstić information content (AvgIpc) is 3.46. The Morgan fingerprint density at radius 2 is 1.74 bits per heavy atom. The minimum absolute atomic E-state index is 0.0771. The summed E-state index contributed by atoms with van der Waals surface area (Å²) in [5.41, 5.74) is 1.66. The molecular formula is C27H28N2O6. The second-order valence-corrected chi connectivity index (χ2v) is 8.12. The van der Waals surface area contributed by atoms with Gasteiger partial charge in [-0.15, -0.1) is 0 Å². The number of ether oxygens (including phenoxy) is 2. The van der Waals surface area contributed by atoms with Gasteiger partial charge in [0.15, 0.2) is 0 Å². The molecule has 0 bridgehead atoms. The van der Waals surface area contributed by atoms with Crippen molar-refractivity contribution in [2.75, 3.05) is 37.1 Å². The van der Waals surface area contributed by atoms with Crippen molar-refractivity contribution >= 4 is 28.8 Å². The number of nitrogens with zero attached hydrogens (tertiary/aromatic N) is 2. The number of amides is 1. The van der Waals surface area contributed by atoms with Gasteiger partial charge < -0.3 is 23.9 Å². The lowest BCUT2D eigenvalue weighted by molar-refractivity contribution is -0.132. The fourth-order valence-corrected chi connectivity index (χ4v) is 4.10. The van der Waals surface area contributed by atoms with Crippen molar-refractivity contribution in [3.05, 3.63) is 77.8 Å². The molecule has 0 saturated carbocycles. The molecule has 0 aliphatic carbocycles. The highest BCUT2D eigenvalue weighted by atomic mass is 16.5. The Labute approximate surface area is 204 Å². The number of carbonyl (C=O) groups excluding carboxylic acids is 2. The maximum Gasteiger partial charge on any atom is 0.300 e. The number of benzene rings is 2. The second kappa shape index (κ2) is 9.97. The van der Waals surface area contributed by atoms with Crippen LogP contribution in [0.5, 0.6) is 11.5 Å². The number of hydrogen-bond donors (Lipinski definition) is 1. The Hall–Kier alpha value is -4.20. The fourth-order valence-electron chi connectivity index (χ4n) is 4.10. The summed E-state index contributed by atoms with van der Waals surface area (Å²) >= 11 is 0. The third kappa shape index (κ3) is 4.47. The Kier molecular flexibility index (Phi) is 6.82. The molecule has 1 saturated heterocycles. The molecule has 0 spiro atoms. The number of ketones is 1. The first-order valence-corrected chi connectivity index (χ1v) is 11.4. The van der Waals surface area contributed by atoms with Crippen LogP contribution in [0.25, 0.3) is 5.76 Å². The zero-order chi connectivity index (χ0) is 25.1. The first kappa shape index (κ1) is 23.9. The molecule has 1 amide bonds. The third-order valence-corrected chi connectivity index (χ3v) is 5.72. The molecule has 4 rings (SSSR count). The van der Waals surface area contributed by atoms with Gasteiger partial charge in [0, 0.05) is 31.5 Å². The molecule has 1 unspecified atom stereocenters. The molecule has 2 aromatic carbocycles. The molecule has 8 heteroatoms. The molecule has 3 aromatic rings. The van der Waals surface area contributed by atoms with Gasteiger partial charge in [-0.3, -0.25) is 14.5 Å². The molecule has 0 radical (unpaired) electrons. The van der Waals surface area contributed by atoms with Gasteiger partial charge in [-0.2, -0.15) is 0 Å². The van der Waals surface area contributed by atoms with Crippen molar-refractivity contribution in [2.24, 2.45) is 0 Å². The van der Waals surface area contributed by atoms with Crippen LogP contribution in [0.15, 0.2) is 70.9 Å². The summed E-state index contributed by atoms with van der Waals surface area (Å²) in [6, 6.07) is 14.6. The van der Waals surface area contributed by atoms with Crippen LogP contribution in [-0.4, -0.2) is 44.1 Å². The molecule has 1 aromatic heterocycles. The predicted molar refractivity (Wildman–Crippen MR) is 133 cm³/mol. The van der Waals surface area contributed by atoms with Gasteiger partial charge in [-0.1, -0.05) is 0 Å². The van der Waals surface area contributed by atoms with Gasteiger partial charge in [0.1, 0.15) is 29.1 Å². The molecule has 182 valence electrons. The van der Waals surface area contributed by atoms with Crippen LogP contribution in [0.2, 0.25) is 0 Å². The summed E-state index contributed by atoms with van der Waals surface area (Å²) in [5.74, 6) is -0.645. The molecule has 8 nitrogen and oxygen atoms in total. The topological polar surface area (TPSA) is 92.5 Å². The molecule has 1 aliphatic rings. The summed E-state index contributed by atoms with van der Waals surface area (Å²) in [6.07, 6.45) is 1.47. The van der Waals surface area contributed by atoms with E-state index in [1.807, 2.05) is 45.0 Å². The molecule has 1 atom stereocenters. The lowest BCUT2D eigenvalue weighted by atomic mass is 9.98. The molecule has 35 heavy (non-hydrogen) atoms. The van der Waals surface area contributed by atoms with E-state index in [1.54, 1.807) is 42.5 Å². The van der Waals surface area contributed by atoms with Crippen molar-refractivity contribution in [3.63, 3.8) is 0 Å². The SMILES string of the molecule is CCOc1ccc(/C(O)=C2/C(=O)C(=O)N(c3ccc(N(C)C)cc3)C2c2ccco2)c(OCC)c1. The smallest absolute Gasteiger partial charge is 0.300 e. The van der Waals surface area contributed by atoms with E-state index in [9.17, 15) is 14.7 Å². The summed E-state index contributed by atoms with van der Waals surface area (Å²) in [5, 5.41) is 11.4. The van der Waals surface area contributed by atoms with Gasteiger partial charge >= 0.3 is 0 Å². The van der Waals surface area contributed by atoms with E-state index in [4.69, 9.17) is 13.9 Å².